The molecule has 3 nitrogen and oxygen atoms in total. The van der Waals surface area contributed by atoms with E-state index in [1.807, 2.05) is 20.8 Å². The molecule has 0 radical (unpaired) electrons. The number of para-hydroxylation sites is 1. The van der Waals surface area contributed by atoms with E-state index in [0.29, 0.717) is 5.39 Å². The molecule has 0 spiro atoms. The van der Waals surface area contributed by atoms with Crippen LogP contribution < -0.4 is 5.32 Å². The third-order valence-corrected chi connectivity index (χ3v) is 2.55. The van der Waals surface area contributed by atoms with E-state index in [-0.39, 0.29) is 29.2 Å². The van der Waals surface area contributed by atoms with Gasteiger partial charge in [0.25, 0.3) is 0 Å². The largest absolute Gasteiger partial charge is 0.450 e. The van der Waals surface area contributed by atoms with E-state index >= 15 is 0 Å². The van der Waals surface area contributed by atoms with Gasteiger partial charge in [-0.1, -0.05) is 12.1 Å². The highest BCUT2D eigenvalue weighted by atomic mass is 19.1. The topological polar surface area (TPSA) is 42.2 Å². The van der Waals surface area contributed by atoms with Crippen LogP contribution in [0.4, 0.5) is 4.39 Å². The molecule has 1 heterocycles. The average Bonchev–Trinajstić information content (AvgIpc) is 2.70. The summed E-state index contributed by atoms with van der Waals surface area (Å²) < 4.78 is 18.7. The predicted molar refractivity (Wildman–Crippen MR) is 68.3 cm³/mol. The van der Waals surface area contributed by atoms with E-state index in [2.05, 4.69) is 5.32 Å². The van der Waals surface area contributed by atoms with Crippen LogP contribution in [0.1, 0.15) is 31.3 Å². The molecule has 1 N–H and O–H groups in total. The van der Waals surface area contributed by atoms with Crippen LogP contribution >= 0.6 is 0 Å². The van der Waals surface area contributed by atoms with Crippen molar-refractivity contribution in [3.63, 3.8) is 0 Å². The Bertz CT molecular complexity index is 581. The van der Waals surface area contributed by atoms with Gasteiger partial charge in [-0.15, -0.1) is 0 Å². The molecular formula is C14H16FNO2. The van der Waals surface area contributed by atoms with Crippen LogP contribution in [-0.2, 0) is 0 Å². The van der Waals surface area contributed by atoms with Crippen molar-refractivity contribution in [3.05, 3.63) is 35.8 Å². The molecule has 1 aromatic heterocycles. The number of ketones is 1. The zero-order chi connectivity index (χ0) is 13.3. The first-order valence-electron chi connectivity index (χ1n) is 5.83. The number of carbonyl (C=O) groups excluding carboxylic acids is 1. The van der Waals surface area contributed by atoms with Gasteiger partial charge in [0, 0.05) is 10.9 Å². The standard InChI is InChI=1S/C14H16FNO2/c1-14(2,3)16-8-11(17)12-7-9-5-4-6-10(15)13(9)18-12/h4-7,16H,8H2,1-3H3. The van der Waals surface area contributed by atoms with E-state index < -0.39 is 5.82 Å². The van der Waals surface area contributed by atoms with E-state index in [0.717, 1.165) is 0 Å². The molecule has 0 bridgehead atoms. The number of carbonyl (C=O) groups is 1. The Hall–Kier alpha value is -1.68. The van der Waals surface area contributed by atoms with Crippen LogP contribution in [0.25, 0.3) is 11.0 Å². The van der Waals surface area contributed by atoms with Crippen LogP contribution in [0.15, 0.2) is 28.7 Å². The molecule has 18 heavy (non-hydrogen) atoms. The molecule has 0 saturated heterocycles. The Morgan fingerprint density at radius 3 is 2.72 bits per heavy atom. The van der Waals surface area contributed by atoms with E-state index in [1.165, 1.54) is 6.07 Å². The minimum atomic E-state index is -0.449. The van der Waals surface area contributed by atoms with Gasteiger partial charge in [-0.3, -0.25) is 4.79 Å². The van der Waals surface area contributed by atoms with Gasteiger partial charge in [0.1, 0.15) is 0 Å². The fourth-order valence-electron chi connectivity index (χ4n) is 1.60. The predicted octanol–water partition coefficient (Wildman–Crippen LogP) is 3.14. The molecule has 0 fully saturated rings. The normalized spacial score (nSPS) is 12.0. The number of benzene rings is 1. The van der Waals surface area contributed by atoms with Crippen molar-refractivity contribution in [2.24, 2.45) is 0 Å². The summed E-state index contributed by atoms with van der Waals surface area (Å²) in [4.78, 5) is 11.9. The molecule has 0 atom stereocenters. The third kappa shape index (κ3) is 2.76. The lowest BCUT2D eigenvalue weighted by Crippen LogP contribution is -2.39. The highest BCUT2D eigenvalue weighted by molar-refractivity contribution is 5.98. The number of Topliss-reactive ketones (excluding diaryl/α,β-unsaturated/α-hetero) is 1. The summed E-state index contributed by atoms with van der Waals surface area (Å²) in [7, 11) is 0. The van der Waals surface area contributed by atoms with Crippen molar-refractivity contribution in [1.82, 2.24) is 5.32 Å². The minimum absolute atomic E-state index is 0.136. The smallest absolute Gasteiger partial charge is 0.211 e. The van der Waals surface area contributed by atoms with Gasteiger partial charge >= 0.3 is 0 Å². The third-order valence-electron chi connectivity index (χ3n) is 2.55. The number of hydrogen-bond donors (Lipinski definition) is 1. The molecule has 4 heteroatoms. The Morgan fingerprint density at radius 2 is 2.11 bits per heavy atom. The zero-order valence-electron chi connectivity index (χ0n) is 10.7. The highest BCUT2D eigenvalue weighted by Crippen LogP contribution is 2.22. The quantitative estimate of drug-likeness (QED) is 0.850. The van der Waals surface area contributed by atoms with Gasteiger partial charge in [0.15, 0.2) is 17.2 Å². The number of halogens is 1. The molecule has 0 saturated carbocycles. The monoisotopic (exact) mass is 249 g/mol. The number of nitrogens with one attached hydrogen (secondary N) is 1. The van der Waals surface area contributed by atoms with Crippen molar-refractivity contribution >= 4 is 16.8 Å². The molecule has 2 aromatic rings. The van der Waals surface area contributed by atoms with Crippen LogP contribution in [0, 0.1) is 5.82 Å². The molecule has 0 amide bonds. The first kappa shape index (κ1) is 12.8. The summed E-state index contributed by atoms with van der Waals surface area (Å²) in [6, 6.07) is 6.20. The zero-order valence-corrected chi connectivity index (χ0v) is 10.7. The van der Waals surface area contributed by atoms with Crippen LogP contribution in [-0.4, -0.2) is 17.9 Å². The molecular weight excluding hydrogens is 233 g/mol. The van der Waals surface area contributed by atoms with E-state index in [4.69, 9.17) is 4.42 Å². The lowest BCUT2D eigenvalue weighted by atomic mass is 10.1. The highest BCUT2D eigenvalue weighted by Gasteiger charge is 2.17. The van der Waals surface area contributed by atoms with Crippen LogP contribution in [0.2, 0.25) is 0 Å². The maximum atomic E-state index is 13.4. The van der Waals surface area contributed by atoms with Crippen LogP contribution in [0.3, 0.4) is 0 Å². The van der Waals surface area contributed by atoms with Gasteiger partial charge in [-0.2, -0.15) is 0 Å². The Morgan fingerprint density at radius 1 is 1.39 bits per heavy atom. The fourth-order valence-corrected chi connectivity index (χ4v) is 1.60. The number of rotatable bonds is 3. The Kier molecular flexibility index (Phi) is 3.22. The molecule has 0 unspecified atom stereocenters. The molecule has 1 aromatic carbocycles. The molecule has 0 aliphatic carbocycles. The van der Waals surface area contributed by atoms with Crippen molar-refractivity contribution < 1.29 is 13.6 Å². The van der Waals surface area contributed by atoms with Gasteiger partial charge in [-0.25, -0.2) is 4.39 Å². The lowest BCUT2D eigenvalue weighted by molar-refractivity contribution is 0.0957. The summed E-state index contributed by atoms with van der Waals surface area (Å²) in [5, 5.41) is 3.68. The molecule has 2 rings (SSSR count). The number of fused-ring (bicyclic) bond motifs is 1. The summed E-state index contributed by atoms with van der Waals surface area (Å²) in [6.45, 7) is 6.08. The lowest BCUT2D eigenvalue weighted by Gasteiger charge is -2.19. The summed E-state index contributed by atoms with van der Waals surface area (Å²) in [6.07, 6.45) is 0. The van der Waals surface area contributed by atoms with Crippen molar-refractivity contribution in [3.8, 4) is 0 Å². The van der Waals surface area contributed by atoms with E-state index in [9.17, 15) is 9.18 Å². The Balaban J connectivity index is 2.21. The summed E-state index contributed by atoms with van der Waals surface area (Å²) in [5.41, 5.74) is -0.0102. The first-order valence-corrected chi connectivity index (χ1v) is 5.83. The number of hydrogen-bond acceptors (Lipinski definition) is 3. The minimum Gasteiger partial charge on any atom is -0.450 e. The summed E-state index contributed by atoms with van der Waals surface area (Å²) in [5.74, 6) is -0.442. The Labute approximate surface area is 105 Å². The van der Waals surface area contributed by atoms with Crippen molar-refractivity contribution in [2.45, 2.75) is 26.3 Å². The maximum absolute atomic E-state index is 13.4. The molecule has 0 aliphatic rings. The fraction of sp³-hybridized carbons (Fsp3) is 0.357. The number of furan rings is 1. The van der Waals surface area contributed by atoms with Crippen LogP contribution in [0.5, 0.6) is 0 Å². The van der Waals surface area contributed by atoms with Gasteiger partial charge in [-0.05, 0) is 32.9 Å². The SMILES string of the molecule is CC(C)(C)NCC(=O)c1cc2cccc(F)c2o1. The summed E-state index contributed by atoms with van der Waals surface area (Å²) >= 11 is 0. The second kappa shape index (κ2) is 4.53. The molecule has 0 aliphatic heterocycles. The van der Waals surface area contributed by atoms with Crippen molar-refractivity contribution in [2.75, 3.05) is 6.54 Å². The van der Waals surface area contributed by atoms with Gasteiger partial charge in [0.2, 0.25) is 5.78 Å². The van der Waals surface area contributed by atoms with Gasteiger partial charge < -0.3 is 9.73 Å². The van der Waals surface area contributed by atoms with Crippen molar-refractivity contribution in [1.29, 1.82) is 0 Å². The second-order valence-electron chi connectivity index (χ2n) is 5.30. The first-order chi connectivity index (χ1) is 8.37. The molecule has 96 valence electrons. The van der Waals surface area contributed by atoms with Gasteiger partial charge in [0.05, 0.1) is 6.54 Å². The second-order valence-corrected chi connectivity index (χ2v) is 5.30. The maximum Gasteiger partial charge on any atom is 0.211 e. The average molecular weight is 249 g/mol. The van der Waals surface area contributed by atoms with E-state index in [1.54, 1.807) is 18.2 Å².